The van der Waals surface area contributed by atoms with Crippen LogP contribution >= 0.6 is 11.8 Å². The summed E-state index contributed by atoms with van der Waals surface area (Å²) in [5.41, 5.74) is 1.38. The number of carbonyl (C=O) groups is 1. The Bertz CT molecular complexity index is 309. The predicted molar refractivity (Wildman–Crippen MR) is 57.0 cm³/mol. The number of hydrogen-bond acceptors (Lipinski definition) is 3. The van der Waals surface area contributed by atoms with Crippen LogP contribution in [0.15, 0.2) is 22.8 Å². The molecule has 4 heteroatoms. The van der Waals surface area contributed by atoms with E-state index in [0.29, 0.717) is 13.2 Å². The molecule has 0 saturated carbocycles. The molecule has 1 saturated heterocycles. The van der Waals surface area contributed by atoms with Gasteiger partial charge in [0, 0.05) is 23.4 Å². The quantitative estimate of drug-likeness (QED) is 0.667. The standard InChI is InChI=1S/C10H13NO2S/c1-2-13-10(12)11-5-3-8-4-6-14-9(8)7-11/h3,7H,2,4-6H2,1H3. The molecule has 1 fully saturated rings. The van der Waals surface area contributed by atoms with E-state index < -0.39 is 0 Å². The number of amides is 1. The molecule has 0 aromatic carbocycles. The molecule has 0 atom stereocenters. The molecule has 0 aromatic rings. The Morgan fingerprint density at radius 1 is 1.71 bits per heavy atom. The van der Waals surface area contributed by atoms with Gasteiger partial charge in [0.1, 0.15) is 0 Å². The van der Waals surface area contributed by atoms with Crippen molar-refractivity contribution in [3.63, 3.8) is 0 Å². The van der Waals surface area contributed by atoms with Crippen LogP contribution in [-0.4, -0.2) is 29.9 Å². The van der Waals surface area contributed by atoms with Crippen LogP contribution in [0.1, 0.15) is 13.3 Å². The minimum atomic E-state index is -0.247. The zero-order valence-electron chi connectivity index (χ0n) is 8.16. The first-order valence-corrected chi connectivity index (χ1v) is 5.77. The molecule has 2 heterocycles. The van der Waals surface area contributed by atoms with Gasteiger partial charge in [-0.15, -0.1) is 11.8 Å². The molecule has 0 bridgehead atoms. The van der Waals surface area contributed by atoms with Gasteiger partial charge in [-0.1, -0.05) is 6.08 Å². The van der Waals surface area contributed by atoms with Gasteiger partial charge in [-0.3, -0.25) is 4.90 Å². The first kappa shape index (κ1) is 9.65. The van der Waals surface area contributed by atoms with Crippen molar-refractivity contribution in [3.8, 4) is 0 Å². The van der Waals surface area contributed by atoms with Gasteiger partial charge in [0.05, 0.1) is 6.61 Å². The average Bonchev–Trinajstić information content (AvgIpc) is 2.64. The van der Waals surface area contributed by atoms with Crippen LogP contribution in [0, 0.1) is 0 Å². The second-order valence-electron chi connectivity index (χ2n) is 3.17. The van der Waals surface area contributed by atoms with Crippen molar-refractivity contribution < 1.29 is 9.53 Å². The van der Waals surface area contributed by atoms with Crippen molar-refractivity contribution in [1.82, 2.24) is 4.90 Å². The third kappa shape index (κ3) is 1.80. The van der Waals surface area contributed by atoms with Crippen LogP contribution in [0.5, 0.6) is 0 Å². The molecule has 0 unspecified atom stereocenters. The summed E-state index contributed by atoms with van der Waals surface area (Å²) in [6.07, 6.45) is 4.91. The van der Waals surface area contributed by atoms with E-state index in [4.69, 9.17) is 4.74 Å². The first-order chi connectivity index (χ1) is 6.81. The van der Waals surface area contributed by atoms with Crippen LogP contribution in [0.4, 0.5) is 4.79 Å². The van der Waals surface area contributed by atoms with E-state index in [-0.39, 0.29) is 6.09 Å². The Balaban J connectivity index is 2.05. The fourth-order valence-electron chi connectivity index (χ4n) is 1.55. The predicted octanol–water partition coefficient (Wildman–Crippen LogP) is 2.36. The second kappa shape index (κ2) is 4.09. The second-order valence-corrected chi connectivity index (χ2v) is 4.31. The number of nitrogens with zero attached hydrogens (tertiary/aromatic N) is 1. The normalized spacial score (nSPS) is 19.9. The van der Waals surface area contributed by atoms with E-state index >= 15 is 0 Å². The Morgan fingerprint density at radius 3 is 3.36 bits per heavy atom. The lowest BCUT2D eigenvalue weighted by Gasteiger charge is -2.20. The first-order valence-electron chi connectivity index (χ1n) is 4.78. The van der Waals surface area contributed by atoms with E-state index in [2.05, 4.69) is 6.08 Å². The number of fused-ring (bicyclic) bond motifs is 1. The zero-order chi connectivity index (χ0) is 9.97. The Kier molecular flexibility index (Phi) is 2.82. The van der Waals surface area contributed by atoms with Gasteiger partial charge in [0.25, 0.3) is 0 Å². The molecular formula is C10H13NO2S. The van der Waals surface area contributed by atoms with E-state index in [1.165, 1.54) is 10.5 Å². The highest BCUT2D eigenvalue weighted by Gasteiger charge is 2.22. The molecule has 1 amide bonds. The largest absolute Gasteiger partial charge is 0.449 e. The maximum absolute atomic E-state index is 11.4. The van der Waals surface area contributed by atoms with Crippen molar-refractivity contribution in [3.05, 3.63) is 22.8 Å². The van der Waals surface area contributed by atoms with Gasteiger partial charge in [-0.2, -0.15) is 0 Å². The average molecular weight is 211 g/mol. The van der Waals surface area contributed by atoms with E-state index in [9.17, 15) is 4.79 Å². The summed E-state index contributed by atoms with van der Waals surface area (Å²) >= 11 is 1.81. The number of ether oxygens (including phenoxy) is 1. The number of thioether (sulfide) groups is 1. The molecule has 0 N–H and O–H groups in total. The summed E-state index contributed by atoms with van der Waals surface area (Å²) < 4.78 is 4.93. The fourth-order valence-corrected chi connectivity index (χ4v) is 2.66. The highest BCUT2D eigenvalue weighted by Crippen LogP contribution is 2.37. The molecule has 2 aliphatic rings. The summed E-state index contributed by atoms with van der Waals surface area (Å²) in [7, 11) is 0. The number of rotatable bonds is 1. The summed E-state index contributed by atoms with van der Waals surface area (Å²) in [4.78, 5) is 14.3. The Labute approximate surface area is 87.8 Å². The van der Waals surface area contributed by atoms with Crippen molar-refractivity contribution in [1.29, 1.82) is 0 Å². The van der Waals surface area contributed by atoms with Gasteiger partial charge < -0.3 is 4.74 Å². The van der Waals surface area contributed by atoms with E-state index in [1.54, 1.807) is 4.90 Å². The number of allylic oxidation sites excluding steroid dienone is 1. The zero-order valence-corrected chi connectivity index (χ0v) is 8.97. The van der Waals surface area contributed by atoms with Crippen molar-refractivity contribution in [2.45, 2.75) is 13.3 Å². The molecule has 14 heavy (non-hydrogen) atoms. The molecule has 2 rings (SSSR count). The van der Waals surface area contributed by atoms with Gasteiger partial charge in [-0.05, 0) is 18.9 Å². The maximum atomic E-state index is 11.4. The third-order valence-electron chi connectivity index (χ3n) is 2.26. The third-order valence-corrected chi connectivity index (χ3v) is 3.34. The monoisotopic (exact) mass is 211 g/mol. The molecule has 0 radical (unpaired) electrons. The van der Waals surface area contributed by atoms with Crippen LogP contribution in [0.3, 0.4) is 0 Å². The number of hydrogen-bond donors (Lipinski definition) is 0. The van der Waals surface area contributed by atoms with Crippen LogP contribution in [-0.2, 0) is 4.74 Å². The lowest BCUT2D eigenvalue weighted by Crippen LogP contribution is -2.28. The maximum Gasteiger partial charge on any atom is 0.414 e. The molecule has 2 aliphatic heterocycles. The molecule has 3 nitrogen and oxygen atoms in total. The van der Waals surface area contributed by atoms with Crippen LogP contribution in [0.2, 0.25) is 0 Å². The van der Waals surface area contributed by atoms with E-state index in [0.717, 1.165) is 12.2 Å². The highest BCUT2D eigenvalue weighted by molar-refractivity contribution is 8.03. The summed E-state index contributed by atoms with van der Waals surface area (Å²) in [6, 6.07) is 0. The molecule has 0 aromatic heterocycles. The van der Waals surface area contributed by atoms with E-state index in [1.807, 2.05) is 24.9 Å². The lowest BCUT2D eigenvalue weighted by atomic mass is 10.1. The van der Waals surface area contributed by atoms with Gasteiger partial charge >= 0.3 is 6.09 Å². The molecular weight excluding hydrogens is 198 g/mol. The number of carbonyl (C=O) groups excluding carboxylic acids is 1. The van der Waals surface area contributed by atoms with Crippen molar-refractivity contribution in [2.75, 3.05) is 18.9 Å². The Hall–Kier alpha value is -0.900. The topological polar surface area (TPSA) is 29.5 Å². The molecule has 76 valence electrons. The fraction of sp³-hybridized carbons (Fsp3) is 0.500. The SMILES string of the molecule is CCOC(=O)N1C=C2SCCC2=CC1. The van der Waals surface area contributed by atoms with Gasteiger partial charge in [0.2, 0.25) is 0 Å². The molecule has 0 aliphatic carbocycles. The highest BCUT2D eigenvalue weighted by atomic mass is 32.2. The van der Waals surface area contributed by atoms with Crippen LogP contribution < -0.4 is 0 Å². The van der Waals surface area contributed by atoms with Crippen LogP contribution in [0.25, 0.3) is 0 Å². The molecule has 0 spiro atoms. The van der Waals surface area contributed by atoms with Crippen molar-refractivity contribution >= 4 is 17.9 Å². The van der Waals surface area contributed by atoms with Gasteiger partial charge in [0.15, 0.2) is 0 Å². The summed E-state index contributed by atoms with van der Waals surface area (Å²) in [6.45, 7) is 2.90. The minimum absolute atomic E-state index is 0.247. The Morgan fingerprint density at radius 2 is 2.57 bits per heavy atom. The summed E-state index contributed by atoms with van der Waals surface area (Å²) in [5, 5.41) is 0. The summed E-state index contributed by atoms with van der Waals surface area (Å²) in [5.74, 6) is 1.13. The van der Waals surface area contributed by atoms with Crippen molar-refractivity contribution in [2.24, 2.45) is 0 Å². The smallest absolute Gasteiger partial charge is 0.414 e. The minimum Gasteiger partial charge on any atom is -0.449 e. The van der Waals surface area contributed by atoms with Gasteiger partial charge in [-0.25, -0.2) is 4.79 Å². The lowest BCUT2D eigenvalue weighted by molar-refractivity contribution is 0.125.